The zero-order valence-electron chi connectivity index (χ0n) is 12.0. The van der Waals surface area contributed by atoms with Crippen LogP contribution >= 0.6 is 0 Å². The highest BCUT2D eigenvalue weighted by Crippen LogP contribution is 2.10. The highest BCUT2D eigenvalue weighted by Gasteiger charge is 2.09. The number of aryl methyl sites for hydroxylation is 2. The minimum atomic E-state index is 0.661. The van der Waals surface area contributed by atoms with E-state index in [0.29, 0.717) is 5.92 Å². The molecule has 1 rings (SSSR count). The van der Waals surface area contributed by atoms with Crippen LogP contribution in [0.2, 0.25) is 0 Å². The molecule has 1 heterocycles. The normalized spacial score (nSPS) is 13.3. The molecule has 0 saturated carbocycles. The fourth-order valence-electron chi connectivity index (χ4n) is 1.98. The Balaban J connectivity index is 2.39. The van der Waals surface area contributed by atoms with Gasteiger partial charge in [0.05, 0.1) is 5.69 Å². The first kappa shape index (κ1) is 14.2. The molecule has 0 radical (unpaired) electrons. The molecule has 1 aromatic heterocycles. The molecule has 3 heteroatoms. The van der Waals surface area contributed by atoms with Gasteiger partial charge in [0.15, 0.2) is 0 Å². The monoisotopic (exact) mass is 237 g/mol. The minimum Gasteiger partial charge on any atom is -0.316 e. The first-order valence-electron chi connectivity index (χ1n) is 6.75. The van der Waals surface area contributed by atoms with E-state index in [0.717, 1.165) is 31.8 Å². The van der Waals surface area contributed by atoms with Gasteiger partial charge in [-0.25, -0.2) is 0 Å². The van der Waals surface area contributed by atoms with Crippen LogP contribution in [0.4, 0.5) is 0 Å². The third-order valence-corrected chi connectivity index (χ3v) is 2.99. The molecule has 17 heavy (non-hydrogen) atoms. The van der Waals surface area contributed by atoms with Gasteiger partial charge in [-0.2, -0.15) is 5.10 Å². The number of nitrogens with zero attached hydrogens (tertiary/aromatic N) is 2. The molecular weight excluding hydrogens is 210 g/mol. The predicted molar refractivity (Wildman–Crippen MR) is 73.2 cm³/mol. The Morgan fingerprint density at radius 3 is 2.53 bits per heavy atom. The summed E-state index contributed by atoms with van der Waals surface area (Å²) in [6.07, 6.45) is 2.13. The fourth-order valence-corrected chi connectivity index (χ4v) is 1.98. The Morgan fingerprint density at radius 1 is 1.29 bits per heavy atom. The number of rotatable bonds is 7. The first-order chi connectivity index (χ1) is 8.02. The molecule has 0 saturated heterocycles. The van der Waals surface area contributed by atoms with Gasteiger partial charge >= 0.3 is 0 Å². The molecule has 98 valence electrons. The molecule has 0 aromatic carbocycles. The van der Waals surface area contributed by atoms with Crippen molar-refractivity contribution in [3.63, 3.8) is 0 Å². The van der Waals surface area contributed by atoms with Crippen molar-refractivity contribution < 1.29 is 0 Å². The average molecular weight is 237 g/mol. The first-order valence-corrected chi connectivity index (χ1v) is 6.75. The Labute approximate surface area is 106 Å². The van der Waals surface area contributed by atoms with Gasteiger partial charge in [-0.15, -0.1) is 0 Å². The molecule has 0 aliphatic rings. The van der Waals surface area contributed by atoms with Crippen molar-refractivity contribution in [1.82, 2.24) is 15.1 Å². The van der Waals surface area contributed by atoms with E-state index in [1.54, 1.807) is 0 Å². The maximum absolute atomic E-state index is 4.49. The number of hydrogen-bond acceptors (Lipinski definition) is 2. The van der Waals surface area contributed by atoms with Crippen LogP contribution < -0.4 is 5.32 Å². The second kappa shape index (κ2) is 6.80. The molecule has 0 spiro atoms. The molecule has 1 unspecified atom stereocenters. The summed E-state index contributed by atoms with van der Waals surface area (Å²) in [6, 6.07) is 2.24. The second-order valence-corrected chi connectivity index (χ2v) is 5.47. The Hall–Kier alpha value is -0.830. The molecule has 1 N–H and O–H groups in total. The van der Waals surface area contributed by atoms with Crippen LogP contribution in [-0.4, -0.2) is 22.9 Å². The van der Waals surface area contributed by atoms with Gasteiger partial charge in [0.1, 0.15) is 0 Å². The molecular formula is C14H27N3. The van der Waals surface area contributed by atoms with E-state index in [9.17, 15) is 0 Å². The summed E-state index contributed by atoms with van der Waals surface area (Å²) < 4.78 is 2.03. The topological polar surface area (TPSA) is 29.9 Å². The molecule has 0 fully saturated rings. The summed E-state index contributed by atoms with van der Waals surface area (Å²) in [5, 5.41) is 8.00. The molecule has 1 aromatic rings. The van der Waals surface area contributed by atoms with Gasteiger partial charge in [0.2, 0.25) is 0 Å². The van der Waals surface area contributed by atoms with Gasteiger partial charge in [0, 0.05) is 12.7 Å². The average Bonchev–Trinajstić information content (AvgIpc) is 2.59. The van der Waals surface area contributed by atoms with Gasteiger partial charge in [-0.1, -0.05) is 27.7 Å². The van der Waals surface area contributed by atoms with Crippen molar-refractivity contribution in [3.05, 3.63) is 17.5 Å². The van der Waals surface area contributed by atoms with E-state index in [2.05, 4.69) is 44.2 Å². The lowest BCUT2D eigenvalue weighted by Crippen LogP contribution is -2.26. The summed E-state index contributed by atoms with van der Waals surface area (Å²) in [6.45, 7) is 11.1. The molecule has 0 aliphatic heterocycles. The molecule has 0 aliphatic carbocycles. The van der Waals surface area contributed by atoms with Gasteiger partial charge in [-0.05, 0) is 43.8 Å². The summed E-state index contributed by atoms with van der Waals surface area (Å²) in [7, 11) is 2.04. The van der Waals surface area contributed by atoms with Crippen LogP contribution in [0, 0.1) is 11.8 Å². The third kappa shape index (κ3) is 4.90. The van der Waals surface area contributed by atoms with Gasteiger partial charge in [-0.3, -0.25) is 4.68 Å². The van der Waals surface area contributed by atoms with E-state index in [4.69, 9.17) is 0 Å². The largest absolute Gasteiger partial charge is 0.316 e. The Bertz CT molecular complexity index is 328. The highest BCUT2D eigenvalue weighted by atomic mass is 15.3. The standard InChI is InChI=1S/C14H27N3/c1-6-13-8-14(17(5)16-13)7-12(4)10-15-9-11(2)3/h8,11-12,15H,6-7,9-10H2,1-5H3. The van der Waals surface area contributed by atoms with Crippen molar-refractivity contribution in [1.29, 1.82) is 0 Å². The van der Waals surface area contributed by atoms with E-state index in [-0.39, 0.29) is 0 Å². The lowest BCUT2D eigenvalue weighted by molar-refractivity contribution is 0.464. The quantitative estimate of drug-likeness (QED) is 0.789. The Kier molecular flexibility index (Phi) is 5.69. The van der Waals surface area contributed by atoms with Crippen molar-refractivity contribution in [2.45, 2.75) is 40.5 Å². The van der Waals surface area contributed by atoms with Gasteiger partial charge < -0.3 is 5.32 Å². The zero-order chi connectivity index (χ0) is 12.8. The number of nitrogens with one attached hydrogen (secondary N) is 1. The maximum atomic E-state index is 4.49. The third-order valence-electron chi connectivity index (χ3n) is 2.99. The lowest BCUT2D eigenvalue weighted by Gasteiger charge is -2.13. The highest BCUT2D eigenvalue weighted by molar-refractivity contribution is 5.10. The van der Waals surface area contributed by atoms with Crippen molar-refractivity contribution in [2.75, 3.05) is 13.1 Å². The number of hydrogen-bond donors (Lipinski definition) is 1. The summed E-state index contributed by atoms with van der Waals surface area (Å²) in [5.74, 6) is 1.39. The SMILES string of the molecule is CCc1cc(CC(C)CNCC(C)C)n(C)n1. The predicted octanol–water partition coefficient (Wildman–Crippen LogP) is 2.41. The molecule has 1 atom stereocenters. The summed E-state index contributed by atoms with van der Waals surface area (Å²) in [5.41, 5.74) is 2.55. The lowest BCUT2D eigenvalue weighted by atomic mass is 10.0. The summed E-state index contributed by atoms with van der Waals surface area (Å²) >= 11 is 0. The smallest absolute Gasteiger partial charge is 0.0624 e. The zero-order valence-corrected chi connectivity index (χ0v) is 12.0. The maximum Gasteiger partial charge on any atom is 0.0624 e. The molecule has 3 nitrogen and oxygen atoms in total. The Morgan fingerprint density at radius 2 is 2.00 bits per heavy atom. The molecule has 0 amide bonds. The van der Waals surface area contributed by atoms with Crippen LogP contribution in [0.5, 0.6) is 0 Å². The van der Waals surface area contributed by atoms with E-state index in [1.165, 1.54) is 11.4 Å². The van der Waals surface area contributed by atoms with Crippen molar-refractivity contribution in [2.24, 2.45) is 18.9 Å². The number of aromatic nitrogens is 2. The van der Waals surface area contributed by atoms with Crippen LogP contribution in [0.3, 0.4) is 0 Å². The van der Waals surface area contributed by atoms with Crippen LogP contribution in [0.25, 0.3) is 0 Å². The van der Waals surface area contributed by atoms with Gasteiger partial charge in [0.25, 0.3) is 0 Å². The van der Waals surface area contributed by atoms with Crippen LogP contribution in [-0.2, 0) is 19.9 Å². The molecule has 0 bridgehead atoms. The minimum absolute atomic E-state index is 0.661. The second-order valence-electron chi connectivity index (χ2n) is 5.47. The van der Waals surface area contributed by atoms with E-state index in [1.807, 2.05) is 11.7 Å². The van der Waals surface area contributed by atoms with Crippen molar-refractivity contribution in [3.8, 4) is 0 Å². The van der Waals surface area contributed by atoms with Crippen LogP contribution in [0.1, 0.15) is 39.1 Å². The van der Waals surface area contributed by atoms with E-state index >= 15 is 0 Å². The summed E-state index contributed by atoms with van der Waals surface area (Å²) in [4.78, 5) is 0. The van der Waals surface area contributed by atoms with E-state index < -0.39 is 0 Å². The fraction of sp³-hybridized carbons (Fsp3) is 0.786. The van der Waals surface area contributed by atoms with Crippen molar-refractivity contribution >= 4 is 0 Å². The van der Waals surface area contributed by atoms with Crippen LogP contribution in [0.15, 0.2) is 6.07 Å².